The molecule has 17 heavy (non-hydrogen) atoms. The first-order chi connectivity index (χ1) is 8.19. The lowest BCUT2D eigenvalue weighted by Gasteiger charge is -2.00. The van der Waals surface area contributed by atoms with Gasteiger partial charge in [0, 0.05) is 23.7 Å². The molecule has 2 aromatic rings. The largest absolute Gasteiger partial charge is 0.328 e. The number of aromatic amines is 1. The molecule has 90 valence electrons. The van der Waals surface area contributed by atoms with Crippen molar-refractivity contribution in [3.63, 3.8) is 0 Å². The van der Waals surface area contributed by atoms with Gasteiger partial charge in [0.2, 0.25) is 0 Å². The molecule has 3 heteroatoms. The van der Waals surface area contributed by atoms with Crippen LogP contribution in [0.15, 0.2) is 30.3 Å². The lowest BCUT2D eigenvalue weighted by atomic mass is 10.1. The van der Waals surface area contributed by atoms with Crippen LogP contribution in [-0.4, -0.2) is 16.2 Å². The van der Waals surface area contributed by atoms with Gasteiger partial charge in [-0.1, -0.05) is 31.2 Å². The molecule has 0 saturated carbocycles. The number of hydrogen-bond acceptors (Lipinski definition) is 2. The number of rotatable bonds is 4. The highest BCUT2D eigenvalue weighted by Gasteiger charge is 2.05. The van der Waals surface area contributed by atoms with Gasteiger partial charge >= 0.3 is 0 Å². The Bertz CT molecular complexity index is 468. The summed E-state index contributed by atoms with van der Waals surface area (Å²) >= 11 is 0. The second-order valence-corrected chi connectivity index (χ2v) is 4.51. The fraction of sp³-hybridized carbons (Fsp3) is 0.357. The van der Waals surface area contributed by atoms with Crippen LogP contribution in [0.25, 0.3) is 11.3 Å². The summed E-state index contributed by atoms with van der Waals surface area (Å²) in [6.07, 6.45) is 1.90. The van der Waals surface area contributed by atoms with Crippen molar-refractivity contribution in [3.05, 3.63) is 41.6 Å². The number of benzene rings is 1. The van der Waals surface area contributed by atoms with Crippen LogP contribution in [0.5, 0.6) is 0 Å². The first-order valence-electron chi connectivity index (χ1n) is 6.08. The zero-order valence-corrected chi connectivity index (χ0v) is 10.4. The van der Waals surface area contributed by atoms with E-state index < -0.39 is 0 Å². The molecule has 0 aliphatic rings. The molecule has 0 bridgehead atoms. The van der Waals surface area contributed by atoms with E-state index in [0.717, 1.165) is 29.8 Å². The first kappa shape index (κ1) is 11.9. The quantitative estimate of drug-likeness (QED) is 0.846. The summed E-state index contributed by atoms with van der Waals surface area (Å²) in [6, 6.07) is 10.8. The average molecular weight is 229 g/mol. The van der Waals surface area contributed by atoms with Crippen molar-refractivity contribution in [1.29, 1.82) is 0 Å². The summed E-state index contributed by atoms with van der Waals surface area (Å²) in [7, 11) is 0. The van der Waals surface area contributed by atoms with Crippen molar-refractivity contribution in [2.24, 2.45) is 5.73 Å². The summed E-state index contributed by atoms with van der Waals surface area (Å²) in [4.78, 5) is 0. The van der Waals surface area contributed by atoms with E-state index in [1.165, 1.54) is 5.56 Å². The zero-order chi connectivity index (χ0) is 12.3. The van der Waals surface area contributed by atoms with Crippen LogP contribution in [0.2, 0.25) is 0 Å². The standard InChI is InChI=1S/C14H19N3/c1-3-11-4-6-12(7-5-11)14-9-13(16-17-14)8-10(2)15/h4-7,9-10H,3,8,15H2,1-2H3,(H,16,17). The molecule has 1 atom stereocenters. The SMILES string of the molecule is CCc1ccc(-c2cc(CC(C)N)[nH]n2)cc1. The maximum Gasteiger partial charge on any atom is 0.0923 e. The minimum absolute atomic E-state index is 0.158. The summed E-state index contributed by atoms with van der Waals surface area (Å²) in [5.41, 5.74) is 10.3. The molecular formula is C14H19N3. The highest BCUT2D eigenvalue weighted by Crippen LogP contribution is 2.18. The van der Waals surface area contributed by atoms with Gasteiger partial charge in [-0.3, -0.25) is 5.10 Å². The lowest BCUT2D eigenvalue weighted by Crippen LogP contribution is -2.17. The van der Waals surface area contributed by atoms with Crippen molar-refractivity contribution in [3.8, 4) is 11.3 Å². The molecule has 3 N–H and O–H groups in total. The number of aryl methyl sites for hydroxylation is 1. The second kappa shape index (κ2) is 5.15. The minimum Gasteiger partial charge on any atom is -0.328 e. The molecule has 0 amide bonds. The third-order valence-corrected chi connectivity index (χ3v) is 2.83. The van der Waals surface area contributed by atoms with Crippen LogP contribution in [0.3, 0.4) is 0 Å². The van der Waals surface area contributed by atoms with E-state index in [2.05, 4.69) is 47.5 Å². The Labute approximate surface area is 102 Å². The van der Waals surface area contributed by atoms with E-state index in [-0.39, 0.29) is 6.04 Å². The second-order valence-electron chi connectivity index (χ2n) is 4.51. The van der Waals surface area contributed by atoms with Gasteiger partial charge in [0.25, 0.3) is 0 Å². The Kier molecular flexibility index (Phi) is 3.59. The van der Waals surface area contributed by atoms with Gasteiger partial charge in [0.05, 0.1) is 5.69 Å². The average Bonchev–Trinajstić information content (AvgIpc) is 2.77. The Morgan fingerprint density at radius 3 is 2.59 bits per heavy atom. The molecule has 1 aromatic carbocycles. The zero-order valence-electron chi connectivity index (χ0n) is 10.4. The molecule has 0 fully saturated rings. The number of nitrogens with two attached hydrogens (primary N) is 1. The molecule has 1 aromatic heterocycles. The summed E-state index contributed by atoms with van der Waals surface area (Å²) in [5.74, 6) is 0. The molecule has 0 radical (unpaired) electrons. The van der Waals surface area contributed by atoms with Crippen molar-refractivity contribution >= 4 is 0 Å². The fourth-order valence-electron chi connectivity index (χ4n) is 1.87. The number of nitrogens with one attached hydrogen (secondary N) is 1. The highest BCUT2D eigenvalue weighted by molar-refractivity contribution is 5.59. The van der Waals surface area contributed by atoms with Crippen LogP contribution in [-0.2, 0) is 12.8 Å². The fourth-order valence-corrected chi connectivity index (χ4v) is 1.87. The van der Waals surface area contributed by atoms with Crippen LogP contribution in [0, 0.1) is 0 Å². The number of H-pyrrole nitrogens is 1. The first-order valence-corrected chi connectivity index (χ1v) is 6.08. The van der Waals surface area contributed by atoms with E-state index >= 15 is 0 Å². The van der Waals surface area contributed by atoms with Crippen molar-refractivity contribution < 1.29 is 0 Å². The normalized spacial score (nSPS) is 12.6. The molecule has 0 aliphatic carbocycles. The monoisotopic (exact) mass is 229 g/mol. The van der Waals surface area contributed by atoms with E-state index in [4.69, 9.17) is 5.73 Å². The van der Waals surface area contributed by atoms with Gasteiger partial charge in [-0.25, -0.2) is 0 Å². The maximum absolute atomic E-state index is 5.76. The third kappa shape index (κ3) is 2.94. The topological polar surface area (TPSA) is 54.7 Å². The van der Waals surface area contributed by atoms with Gasteiger partial charge in [0.1, 0.15) is 0 Å². The van der Waals surface area contributed by atoms with Gasteiger partial charge < -0.3 is 5.73 Å². The minimum atomic E-state index is 0.158. The van der Waals surface area contributed by atoms with Crippen molar-refractivity contribution in [2.75, 3.05) is 0 Å². The van der Waals surface area contributed by atoms with E-state index in [0.29, 0.717) is 0 Å². The Hall–Kier alpha value is -1.61. The molecular weight excluding hydrogens is 210 g/mol. The number of hydrogen-bond donors (Lipinski definition) is 2. The summed E-state index contributed by atoms with van der Waals surface area (Å²) in [6.45, 7) is 4.15. The van der Waals surface area contributed by atoms with Gasteiger partial charge in [-0.15, -0.1) is 0 Å². The van der Waals surface area contributed by atoms with E-state index in [1.54, 1.807) is 0 Å². The van der Waals surface area contributed by atoms with Crippen molar-refractivity contribution in [1.82, 2.24) is 10.2 Å². The molecule has 0 spiro atoms. The summed E-state index contributed by atoms with van der Waals surface area (Å²) < 4.78 is 0. The van der Waals surface area contributed by atoms with E-state index in [9.17, 15) is 0 Å². The number of aromatic nitrogens is 2. The predicted molar refractivity (Wildman–Crippen MR) is 70.8 cm³/mol. The smallest absolute Gasteiger partial charge is 0.0923 e. The maximum atomic E-state index is 5.76. The van der Waals surface area contributed by atoms with Crippen LogP contribution in [0.1, 0.15) is 25.1 Å². The Balaban J connectivity index is 2.18. The summed E-state index contributed by atoms with van der Waals surface area (Å²) in [5, 5.41) is 7.35. The van der Waals surface area contributed by atoms with Crippen LogP contribution >= 0.6 is 0 Å². The van der Waals surface area contributed by atoms with Crippen LogP contribution < -0.4 is 5.73 Å². The highest BCUT2D eigenvalue weighted by atomic mass is 15.1. The molecule has 2 rings (SSSR count). The van der Waals surface area contributed by atoms with Gasteiger partial charge in [0.15, 0.2) is 0 Å². The molecule has 1 unspecified atom stereocenters. The number of nitrogens with zero attached hydrogens (tertiary/aromatic N) is 1. The van der Waals surface area contributed by atoms with Gasteiger partial charge in [-0.2, -0.15) is 5.10 Å². The lowest BCUT2D eigenvalue weighted by molar-refractivity contribution is 0.719. The van der Waals surface area contributed by atoms with Crippen LogP contribution in [0.4, 0.5) is 0 Å². The van der Waals surface area contributed by atoms with E-state index in [1.807, 2.05) is 6.92 Å². The molecule has 0 aliphatic heterocycles. The molecule has 1 heterocycles. The van der Waals surface area contributed by atoms with Gasteiger partial charge in [-0.05, 0) is 25.0 Å². The Morgan fingerprint density at radius 1 is 1.29 bits per heavy atom. The third-order valence-electron chi connectivity index (χ3n) is 2.83. The molecule has 0 saturated heterocycles. The Morgan fingerprint density at radius 2 is 2.00 bits per heavy atom. The van der Waals surface area contributed by atoms with Crippen molar-refractivity contribution in [2.45, 2.75) is 32.7 Å². The molecule has 3 nitrogen and oxygen atoms in total. The predicted octanol–water partition coefficient (Wildman–Crippen LogP) is 2.53.